The van der Waals surface area contributed by atoms with Crippen LogP contribution in [0.5, 0.6) is 0 Å². The number of aryl methyl sites for hydroxylation is 1. The molecule has 4 aromatic rings. The molecule has 0 unspecified atom stereocenters. The summed E-state index contributed by atoms with van der Waals surface area (Å²) >= 11 is 1.61. The molecule has 3 heterocycles. The van der Waals surface area contributed by atoms with Crippen LogP contribution in [0.15, 0.2) is 66.2 Å². The third-order valence-electron chi connectivity index (χ3n) is 3.57. The molecule has 0 aliphatic heterocycles. The highest BCUT2D eigenvalue weighted by Crippen LogP contribution is 2.28. The van der Waals surface area contributed by atoms with E-state index in [9.17, 15) is 0 Å². The molecule has 0 radical (unpaired) electrons. The first kappa shape index (κ1) is 15.4. The average Bonchev–Trinajstić information content (AvgIpc) is 3.13. The number of hydrogen-bond acceptors (Lipinski definition) is 6. The van der Waals surface area contributed by atoms with Crippen LogP contribution in [-0.2, 0) is 0 Å². The molecule has 3 aromatic heterocycles. The Morgan fingerprint density at radius 2 is 1.72 bits per heavy atom. The highest BCUT2D eigenvalue weighted by Gasteiger charge is 2.09. The number of nitrogens with zero attached hydrogens (tertiary/aromatic N) is 4. The fraction of sp³-hybridized carbons (Fsp3) is 0.0526. The van der Waals surface area contributed by atoms with Gasteiger partial charge in [-0.2, -0.15) is 0 Å². The number of rotatable bonds is 4. The van der Waals surface area contributed by atoms with Crippen LogP contribution in [0, 0.1) is 6.92 Å². The lowest BCUT2D eigenvalue weighted by atomic mass is 10.2. The van der Waals surface area contributed by atoms with Gasteiger partial charge in [-0.25, -0.2) is 19.9 Å². The number of aromatic nitrogens is 4. The Bertz CT molecular complexity index is 997. The predicted octanol–water partition coefficient (Wildman–Crippen LogP) is 4.71. The summed E-state index contributed by atoms with van der Waals surface area (Å²) in [6.07, 6.45) is 1.72. The molecule has 4 rings (SSSR count). The Balaban J connectivity index is 1.60. The van der Waals surface area contributed by atoms with E-state index in [-0.39, 0.29) is 0 Å². The number of nitrogens with one attached hydrogen (secondary N) is 1. The van der Waals surface area contributed by atoms with Crippen LogP contribution in [0.2, 0.25) is 0 Å². The molecule has 0 atom stereocenters. The molecule has 0 amide bonds. The monoisotopic (exact) mass is 345 g/mol. The molecule has 1 aromatic carbocycles. The zero-order valence-electron chi connectivity index (χ0n) is 13.5. The molecule has 122 valence electrons. The van der Waals surface area contributed by atoms with Gasteiger partial charge in [0, 0.05) is 22.8 Å². The van der Waals surface area contributed by atoms with Gasteiger partial charge in [0.2, 0.25) is 5.95 Å². The van der Waals surface area contributed by atoms with Crippen molar-refractivity contribution in [2.24, 2.45) is 0 Å². The summed E-state index contributed by atoms with van der Waals surface area (Å²) in [5.74, 6) is 1.23. The maximum absolute atomic E-state index is 4.70. The van der Waals surface area contributed by atoms with Gasteiger partial charge in [0.1, 0.15) is 16.5 Å². The summed E-state index contributed by atoms with van der Waals surface area (Å²) in [6.45, 7) is 1.95. The van der Waals surface area contributed by atoms with Gasteiger partial charge in [-0.05, 0) is 25.1 Å². The average molecular weight is 345 g/mol. The van der Waals surface area contributed by atoms with Gasteiger partial charge in [-0.15, -0.1) is 11.3 Å². The Kier molecular flexibility index (Phi) is 4.18. The van der Waals surface area contributed by atoms with Gasteiger partial charge >= 0.3 is 0 Å². The second-order valence-electron chi connectivity index (χ2n) is 5.46. The molecule has 25 heavy (non-hydrogen) atoms. The molecular weight excluding hydrogens is 330 g/mol. The summed E-state index contributed by atoms with van der Waals surface area (Å²) in [7, 11) is 0. The van der Waals surface area contributed by atoms with Gasteiger partial charge in [0.05, 0.1) is 5.69 Å². The zero-order chi connectivity index (χ0) is 17.1. The van der Waals surface area contributed by atoms with Crippen molar-refractivity contribution in [2.45, 2.75) is 6.92 Å². The van der Waals surface area contributed by atoms with E-state index >= 15 is 0 Å². The van der Waals surface area contributed by atoms with Crippen molar-refractivity contribution in [1.82, 2.24) is 19.9 Å². The number of thiazole rings is 1. The van der Waals surface area contributed by atoms with E-state index in [1.54, 1.807) is 17.5 Å². The lowest BCUT2D eigenvalue weighted by molar-refractivity contribution is 1.13. The standard InChI is InChI=1S/C19H15N5S/c1-13-6-5-9-17(21-13)24-19-20-11-10-15(23-19)16-12-25-18(22-16)14-7-3-2-4-8-14/h2-12H,1H3,(H,20,21,23,24). The van der Waals surface area contributed by atoms with E-state index in [1.165, 1.54) is 0 Å². The minimum Gasteiger partial charge on any atom is -0.309 e. The van der Waals surface area contributed by atoms with Crippen LogP contribution in [0.3, 0.4) is 0 Å². The summed E-state index contributed by atoms with van der Waals surface area (Å²) in [6, 6.07) is 17.8. The zero-order valence-corrected chi connectivity index (χ0v) is 14.4. The van der Waals surface area contributed by atoms with E-state index in [4.69, 9.17) is 4.98 Å². The van der Waals surface area contributed by atoms with Crippen molar-refractivity contribution in [3.63, 3.8) is 0 Å². The molecule has 0 aliphatic rings. The fourth-order valence-electron chi connectivity index (χ4n) is 2.39. The number of pyridine rings is 1. The Labute approximate surface area is 149 Å². The van der Waals surface area contributed by atoms with Crippen LogP contribution in [0.4, 0.5) is 11.8 Å². The third-order valence-corrected chi connectivity index (χ3v) is 4.46. The van der Waals surface area contributed by atoms with Gasteiger partial charge in [-0.3, -0.25) is 0 Å². The fourth-order valence-corrected chi connectivity index (χ4v) is 3.21. The van der Waals surface area contributed by atoms with Crippen molar-refractivity contribution in [1.29, 1.82) is 0 Å². The Morgan fingerprint density at radius 1 is 0.840 bits per heavy atom. The smallest absolute Gasteiger partial charge is 0.228 e. The molecular formula is C19H15N5S. The summed E-state index contributed by atoms with van der Waals surface area (Å²) in [5, 5.41) is 6.12. The number of anilines is 2. The first-order valence-electron chi connectivity index (χ1n) is 7.83. The molecule has 6 heteroatoms. The summed E-state index contributed by atoms with van der Waals surface area (Å²) in [4.78, 5) is 17.9. The second-order valence-corrected chi connectivity index (χ2v) is 6.32. The van der Waals surface area contributed by atoms with Crippen molar-refractivity contribution >= 4 is 23.1 Å². The molecule has 0 saturated carbocycles. The Hall–Kier alpha value is -3.12. The number of benzene rings is 1. The van der Waals surface area contributed by atoms with Crippen molar-refractivity contribution in [3.8, 4) is 22.0 Å². The first-order chi connectivity index (χ1) is 12.3. The second kappa shape index (κ2) is 6.78. The van der Waals surface area contributed by atoms with Crippen LogP contribution in [-0.4, -0.2) is 19.9 Å². The lowest BCUT2D eigenvalue weighted by Gasteiger charge is -2.05. The maximum atomic E-state index is 4.70. The van der Waals surface area contributed by atoms with E-state index in [1.807, 2.05) is 54.8 Å². The van der Waals surface area contributed by atoms with Crippen molar-refractivity contribution in [2.75, 3.05) is 5.32 Å². The molecule has 5 nitrogen and oxygen atoms in total. The highest BCUT2D eigenvalue weighted by molar-refractivity contribution is 7.13. The molecule has 0 spiro atoms. The minimum atomic E-state index is 0.505. The molecule has 0 fully saturated rings. The highest BCUT2D eigenvalue weighted by atomic mass is 32.1. The minimum absolute atomic E-state index is 0.505. The molecule has 0 aliphatic carbocycles. The topological polar surface area (TPSA) is 63.6 Å². The Morgan fingerprint density at radius 3 is 2.56 bits per heavy atom. The molecule has 0 saturated heterocycles. The summed E-state index contributed by atoms with van der Waals surface area (Å²) < 4.78 is 0. The van der Waals surface area contributed by atoms with Gasteiger partial charge < -0.3 is 5.32 Å². The lowest BCUT2D eigenvalue weighted by Crippen LogP contribution is -2.00. The van der Waals surface area contributed by atoms with E-state index < -0.39 is 0 Å². The SMILES string of the molecule is Cc1cccc(Nc2nccc(-c3csc(-c4ccccc4)n3)n2)n1. The van der Waals surface area contributed by atoms with Crippen LogP contribution in [0.1, 0.15) is 5.69 Å². The first-order valence-corrected chi connectivity index (χ1v) is 8.71. The number of hydrogen-bond donors (Lipinski definition) is 1. The van der Waals surface area contributed by atoms with E-state index in [0.29, 0.717) is 5.95 Å². The van der Waals surface area contributed by atoms with Crippen molar-refractivity contribution in [3.05, 3.63) is 71.9 Å². The quantitative estimate of drug-likeness (QED) is 0.580. The summed E-state index contributed by atoms with van der Waals surface area (Å²) in [5.41, 5.74) is 3.67. The van der Waals surface area contributed by atoms with Gasteiger partial charge in [0.25, 0.3) is 0 Å². The molecule has 1 N–H and O–H groups in total. The normalized spacial score (nSPS) is 10.6. The van der Waals surface area contributed by atoms with E-state index in [2.05, 4.69) is 32.4 Å². The van der Waals surface area contributed by atoms with Crippen LogP contribution >= 0.6 is 11.3 Å². The van der Waals surface area contributed by atoms with Gasteiger partial charge in [0.15, 0.2) is 0 Å². The van der Waals surface area contributed by atoms with Crippen LogP contribution < -0.4 is 5.32 Å². The van der Waals surface area contributed by atoms with Gasteiger partial charge in [-0.1, -0.05) is 36.4 Å². The van der Waals surface area contributed by atoms with Crippen molar-refractivity contribution < 1.29 is 0 Å². The largest absolute Gasteiger partial charge is 0.309 e. The predicted molar refractivity (Wildman–Crippen MR) is 101 cm³/mol. The van der Waals surface area contributed by atoms with E-state index in [0.717, 1.165) is 33.5 Å². The van der Waals surface area contributed by atoms with Crippen LogP contribution in [0.25, 0.3) is 22.0 Å². The maximum Gasteiger partial charge on any atom is 0.228 e. The molecule has 0 bridgehead atoms. The third kappa shape index (κ3) is 3.54.